The Morgan fingerprint density at radius 3 is 2.42 bits per heavy atom. The summed E-state index contributed by atoms with van der Waals surface area (Å²) in [5.74, 6) is 0.559. The molecule has 0 aliphatic heterocycles. The van der Waals surface area contributed by atoms with Crippen LogP contribution in [0.25, 0.3) is 0 Å². The van der Waals surface area contributed by atoms with Gasteiger partial charge in [0.15, 0.2) is 0 Å². The average molecular weight is 364 g/mol. The van der Waals surface area contributed by atoms with E-state index in [9.17, 15) is 9.59 Å². The van der Waals surface area contributed by atoms with Crippen molar-refractivity contribution in [2.75, 3.05) is 33.4 Å². The Morgan fingerprint density at radius 2 is 1.77 bits per heavy atom. The van der Waals surface area contributed by atoms with Crippen LogP contribution in [0.3, 0.4) is 0 Å². The molecule has 1 aromatic carbocycles. The SMILES string of the molecule is CNCc1ccc(C(=O)NCCOCCC(=O)NCCCC(C)C)cc1. The number of carbonyl (C=O) groups excluding carboxylic acids is 2. The monoisotopic (exact) mass is 363 g/mol. The van der Waals surface area contributed by atoms with E-state index in [4.69, 9.17) is 4.74 Å². The van der Waals surface area contributed by atoms with E-state index in [0.29, 0.717) is 37.7 Å². The van der Waals surface area contributed by atoms with Crippen LogP contribution in [0.15, 0.2) is 24.3 Å². The van der Waals surface area contributed by atoms with Gasteiger partial charge in [-0.2, -0.15) is 0 Å². The summed E-state index contributed by atoms with van der Waals surface area (Å²) in [5.41, 5.74) is 1.76. The van der Waals surface area contributed by atoms with Crippen LogP contribution in [0.1, 0.15) is 49.0 Å². The molecule has 0 bridgehead atoms. The molecule has 6 heteroatoms. The maximum atomic E-state index is 12.0. The van der Waals surface area contributed by atoms with E-state index in [-0.39, 0.29) is 11.8 Å². The maximum absolute atomic E-state index is 12.0. The molecule has 6 nitrogen and oxygen atoms in total. The van der Waals surface area contributed by atoms with E-state index in [1.807, 2.05) is 31.3 Å². The largest absolute Gasteiger partial charge is 0.379 e. The molecule has 1 aromatic rings. The molecule has 0 heterocycles. The molecule has 0 aliphatic rings. The highest BCUT2D eigenvalue weighted by atomic mass is 16.5. The molecular weight excluding hydrogens is 330 g/mol. The van der Waals surface area contributed by atoms with Crippen LogP contribution in [0.4, 0.5) is 0 Å². The third-order valence-corrected chi connectivity index (χ3v) is 3.88. The van der Waals surface area contributed by atoms with Gasteiger partial charge in [-0.1, -0.05) is 26.0 Å². The lowest BCUT2D eigenvalue weighted by atomic mass is 10.1. The minimum absolute atomic E-state index is 0.0134. The van der Waals surface area contributed by atoms with Crippen LogP contribution in [0.5, 0.6) is 0 Å². The van der Waals surface area contributed by atoms with Crippen molar-refractivity contribution >= 4 is 11.8 Å². The molecule has 0 aromatic heterocycles. The van der Waals surface area contributed by atoms with Crippen molar-refractivity contribution in [1.82, 2.24) is 16.0 Å². The fourth-order valence-electron chi connectivity index (χ4n) is 2.41. The van der Waals surface area contributed by atoms with Gasteiger partial charge in [-0.05, 0) is 43.5 Å². The molecule has 0 aliphatic carbocycles. The zero-order valence-electron chi connectivity index (χ0n) is 16.3. The third kappa shape index (κ3) is 10.2. The van der Waals surface area contributed by atoms with Crippen LogP contribution in [-0.2, 0) is 16.1 Å². The molecule has 1 rings (SSSR count). The average Bonchev–Trinajstić information content (AvgIpc) is 2.62. The van der Waals surface area contributed by atoms with Crippen molar-refractivity contribution in [1.29, 1.82) is 0 Å². The zero-order chi connectivity index (χ0) is 19.2. The maximum Gasteiger partial charge on any atom is 0.251 e. The second-order valence-electron chi connectivity index (χ2n) is 6.73. The lowest BCUT2D eigenvalue weighted by Crippen LogP contribution is -2.28. The fourth-order valence-corrected chi connectivity index (χ4v) is 2.41. The molecule has 0 saturated carbocycles. The highest BCUT2D eigenvalue weighted by molar-refractivity contribution is 5.94. The Hall–Kier alpha value is -1.92. The summed E-state index contributed by atoms with van der Waals surface area (Å²) >= 11 is 0. The fraction of sp³-hybridized carbons (Fsp3) is 0.600. The highest BCUT2D eigenvalue weighted by Gasteiger charge is 2.05. The second kappa shape index (κ2) is 13.3. The van der Waals surface area contributed by atoms with Gasteiger partial charge in [-0.25, -0.2) is 0 Å². The van der Waals surface area contributed by atoms with Gasteiger partial charge in [-0.3, -0.25) is 9.59 Å². The van der Waals surface area contributed by atoms with Crippen molar-refractivity contribution < 1.29 is 14.3 Å². The number of benzene rings is 1. The summed E-state index contributed by atoms with van der Waals surface area (Å²) in [6.45, 7) is 7.03. The molecule has 0 spiro atoms. The Kier molecular flexibility index (Phi) is 11.3. The van der Waals surface area contributed by atoms with Gasteiger partial charge in [0.05, 0.1) is 13.2 Å². The van der Waals surface area contributed by atoms with Crippen molar-refractivity contribution in [2.24, 2.45) is 5.92 Å². The smallest absolute Gasteiger partial charge is 0.251 e. The van der Waals surface area contributed by atoms with Crippen molar-refractivity contribution in [3.63, 3.8) is 0 Å². The van der Waals surface area contributed by atoms with Gasteiger partial charge in [-0.15, -0.1) is 0 Å². The molecule has 26 heavy (non-hydrogen) atoms. The zero-order valence-corrected chi connectivity index (χ0v) is 16.3. The summed E-state index contributed by atoms with van der Waals surface area (Å²) in [6.07, 6.45) is 2.48. The molecule has 0 unspecified atom stereocenters. The number of amides is 2. The minimum atomic E-state index is -0.118. The van der Waals surface area contributed by atoms with E-state index in [1.54, 1.807) is 0 Å². The Balaban J connectivity index is 2.05. The normalized spacial score (nSPS) is 10.8. The summed E-state index contributed by atoms with van der Waals surface area (Å²) < 4.78 is 5.40. The van der Waals surface area contributed by atoms with Gasteiger partial charge in [0.25, 0.3) is 5.91 Å². The molecule has 0 fully saturated rings. The molecule has 0 atom stereocenters. The Labute approximate surface area is 157 Å². The summed E-state index contributed by atoms with van der Waals surface area (Å²) in [5, 5.41) is 8.77. The van der Waals surface area contributed by atoms with Gasteiger partial charge in [0.2, 0.25) is 5.91 Å². The lowest BCUT2D eigenvalue weighted by Gasteiger charge is -2.08. The highest BCUT2D eigenvalue weighted by Crippen LogP contribution is 2.04. The van der Waals surface area contributed by atoms with E-state index >= 15 is 0 Å². The lowest BCUT2D eigenvalue weighted by molar-refractivity contribution is -0.122. The van der Waals surface area contributed by atoms with E-state index < -0.39 is 0 Å². The van der Waals surface area contributed by atoms with E-state index in [1.165, 1.54) is 0 Å². The molecule has 3 N–H and O–H groups in total. The van der Waals surface area contributed by atoms with Gasteiger partial charge in [0, 0.05) is 31.6 Å². The predicted octanol–water partition coefficient (Wildman–Crippen LogP) is 2.09. The van der Waals surface area contributed by atoms with Crippen LogP contribution in [-0.4, -0.2) is 45.2 Å². The summed E-state index contributed by atoms with van der Waals surface area (Å²) in [7, 11) is 1.89. The Morgan fingerprint density at radius 1 is 1.04 bits per heavy atom. The molecule has 0 radical (unpaired) electrons. The molecule has 146 valence electrons. The first-order valence-electron chi connectivity index (χ1n) is 9.39. The number of hydrogen-bond acceptors (Lipinski definition) is 4. The van der Waals surface area contributed by atoms with Crippen molar-refractivity contribution in [3.05, 3.63) is 35.4 Å². The molecular formula is C20H33N3O3. The number of ether oxygens (including phenoxy) is 1. The predicted molar refractivity (Wildman–Crippen MR) is 104 cm³/mol. The van der Waals surface area contributed by atoms with Gasteiger partial charge in [0.1, 0.15) is 0 Å². The Bertz CT molecular complexity index is 530. The van der Waals surface area contributed by atoms with Gasteiger partial charge >= 0.3 is 0 Å². The molecule has 0 saturated heterocycles. The first kappa shape index (κ1) is 22.1. The van der Waals surface area contributed by atoms with Gasteiger partial charge < -0.3 is 20.7 Å². The van der Waals surface area contributed by atoms with E-state index in [0.717, 1.165) is 31.5 Å². The van der Waals surface area contributed by atoms with Crippen molar-refractivity contribution in [3.8, 4) is 0 Å². The number of rotatable bonds is 13. The topological polar surface area (TPSA) is 79.5 Å². The van der Waals surface area contributed by atoms with Crippen molar-refractivity contribution in [2.45, 2.75) is 39.7 Å². The van der Waals surface area contributed by atoms with Crippen LogP contribution in [0.2, 0.25) is 0 Å². The summed E-state index contributed by atoms with van der Waals surface area (Å²) in [6, 6.07) is 7.49. The standard InChI is InChI=1S/C20H33N3O3/c1-16(2)5-4-11-22-19(24)10-13-26-14-12-23-20(25)18-8-6-17(7-9-18)15-21-3/h6-9,16,21H,4-5,10-15H2,1-3H3,(H,22,24)(H,23,25). The first-order chi connectivity index (χ1) is 12.5. The molecule has 2 amide bonds. The van der Waals surface area contributed by atoms with Crippen LogP contribution >= 0.6 is 0 Å². The minimum Gasteiger partial charge on any atom is -0.379 e. The number of nitrogens with one attached hydrogen (secondary N) is 3. The van der Waals surface area contributed by atoms with E-state index in [2.05, 4.69) is 29.8 Å². The quantitative estimate of drug-likeness (QED) is 0.469. The van der Waals surface area contributed by atoms with Crippen LogP contribution in [0, 0.1) is 5.92 Å². The third-order valence-electron chi connectivity index (χ3n) is 3.88. The first-order valence-corrected chi connectivity index (χ1v) is 9.39. The second-order valence-corrected chi connectivity index (χ2v) is 6.73. The number of carbonyl (C=O) groups is 2. The number of hydrogen-bond donors (Lipinski definition) is 3. The summed E-state index contributed by atoms with van der Waals surface area (Å²) in [4.78, 5) is 23.6. The van der Waals surface area contributed by atoms with Crippen LogP contribution < -0.4 is 16.0 Å².